The van der Waals surface area contributed by atoms with E-state index >= 15 is 0 Å². The molecule has 51 heavy (non-hydrogen) atoms. The molecule has 6 nitrogen and oxygen atoms in total. The van der Waals surface area contributed by atoms with E-state index < -0.39 is 28.4 Å². The molecule has 0 aliphatic carbocycles. The molecule has 0 spiro atoms. The number of ether oxygens (including phenoxy) is 2. The van der Waals surface area contributed by atoms with Gasteiger partial charge in [0.1, 0.15) is 29.1 Å². The van der Waals surface area contributed by atoms with Crippen LogP contribution in [0.15, 0.2) is 18.2 Å². The fourth-order valence-corrected chi connectivity index (χ4v) is 10.3. The number of carbonyl (C=O) groups is 3. The van der Waals surface area contributed by atoms with Crippen LogP contribution >= 0.6 is 71.5 Å². The molecule has 1 N–H and O–H groups in total. The smallest absolute Gasteiger partial charge is 0.335 e. The zero-order valence-electron chi connectivity index (χ0n) is 31.4. The van der Waals surface area contributed by atoms with Crippen molar-refractivity contribution in [1.29, 1.82) is 0 Å². The standard InChI is InChI=1S/C39H62O6S6/c1-5-7-9-11-13-15-17-19-21-23-25-48-38(46)50-30(3)36(42)44-33-27-32(35(40)41)28-34(29-33)45-37(43)31(4)51-39(47)49-26-24-22-20-18-16-14-12-10-8-6-2/h27-31H,5-26H2,1-4H3,(H,40,41)/t30-,31+. The van der Waals surface area contributed by atoms with Crippen molar-refractivity contribution in [3.8, 4) is 11.5 Å². The summed E-state index contributed by atoms with van der Waals surface area (Å²) in [5.41, 5.74) is -0.158. The normalized spacial score (nSPS) is 12.3. The van der Waals surface area contributed by atoms with Gasteiger partial charge in [-0.1, -0.05) is 177 Å². The summed E-state index contributed by atoms with van der Waals surface area (Å²) >= 11 is 16.7. The Morgan fingerprint density at radius 3 is 1.20 bits per heavy atom. The Bertz CT molecular complexity index is 1080. The number of hydrogen-bond acceptors (Lipinski definition) is 11. The highest BCUT2D eigenvalue weighted by Crippen LogP contribution is 2.29. The molecule has 0 aliphatic rings. The summed E-state index contributed by atoms with van der Waals surface area (Å²) in [6.07, 6.45) is 25.6. The van der Waals surface area contributed by atoms with E-state index in [0.717, 1.165) is 24.3 Å². The topological polar surface area (TPSA) is 89.9 Å². The largest absolute Gasteiger partial charge is 0.478 e. The third kappa shape index (κ3) is 25.8. The Balaban J connectivity index is 2.42. The average Bonchev–Trinajstić information content (AvgIpc) is 3.09. The lowest BCUT2D eigenvalue weighted by atomic mass is 10.1. The Morgan fingerprint density at radius 1 is 0.569 bits per heavy atom. The molecule has 0 heterocycles. The number of esters is 2. The molecule has 0 amide bonds. The highest BCUT2D eigenvalue weighted by Gasteiger charge is 2.22. The lowest BCUT2D eigenvalue weighted by Crippen LogP contribution is -2.22. The SMILES string of the molecule is CCCCCCCCCCCCSC(=S)S[C@@H](C)C(=O)Oc1cc(OC(=O)[C@@H](C)SC(=S)SCCCCCCCCCCCC)cc(C(=O)O)c1. The molecule has 0 bridgehead atoms. The molecule has 1 aromatic rings. The minimum Gasteiger partial charge on any atom is -0.478 e. The first kappa shape index (κ1) is 48.2. The number of unbranched alkanes of at least 4 members (excludes halogenated alkanes) is 18. The summed E-state index contributed by atoms with van der Waals surface area (Å²) in [6, 6.07) is 3.84. The minimum absolute atomic E-state index is 0.0121. The summed E-state index contributed by atoms with van der Waals surface area (Å²) in [5, 5.41) is 8.45. The van der Waals surface area contributed by atoms with E-state index in [4.69, 9.17) is 33.9 Å². The Kier molecular flexibility index (Phi) is 29.8. The molecule has 2 atom stereocenters. The number of carbonyl (C=O) groups excluding carboxylic acids is 2. The van der Waals surface area contributed by atoms with Crippen molar-refractivity contribution in [1.82, 2.24) is 0 Å². The van der Waals surface area contributed by atoms with Crippen molar-refractivity contribution in [2.24, 2.45) is 0 Å². The van der Waals surface area contributed by atoms with Crippen LogP contribution in [0.3, 0.4) is 0 Å². The molecule has 1 rings (SSSR count). The van der Waals surface area contributed by atoms with Gasteiger partial charge < -0.3 is 14.6 Å². The number of thioether (sulfide) groups is 4. The third-order valence-corrected chi connectivity index (χ3v) is 13.7. The van der Waals surface area contributed by atoms with Gasteiger partial charge in [-0.05, 0) is 50.3 Å². The van der Waals surface area contributed by atoms with Crippen LogP contribution < -0.4 is 9.47 Å². The number of carboxylic acids is 1. The van der Waals surface area contributed by atoms with Gasteiger partial charge in [-0.15, -0.1) is 23.5 Å². The fraction of sp³-hybridized carbons (Fsp3) is 0.718. The summed E-state index contributed by atoms with van der Waals surface area (Å²) < 4.78 is 12.4. The van der Waals surface area contributed by atoms with Crippen molar-refractivity contribution in [2.45, 2.75) is 167 Å². The molecule has 0 saturated carbocycles. The molecular formula is C39H62O6S6. The van der Waals surface area contributed by atoms with E-state index in [-0.39, 0.29) is 17.1 Å². The van der Waals surface area contributed by atoms with Crippen LogP contribution in [0.5, 0.6) is 11.5 Å². The molecule has 0 fully saturated rings. The molecule has 0 unspecified atom stereocenters. The van der Waals surface area contributed by atoms with Crippen molar-refractivity contribution in [2.75, 3.05) is 11.5 Å². The van der Waals surface area contributed by atoms with Gasteiger partial charge in [0.05, 0.1) is 5.56 Å². The predicted molar refractivity (Wildman–Crippen MR) is 233 cm³/mol. The van der Waals surface area contributed by atoms with E-state index in [2.05, 4.69) is 13.8 Å². The lowest BCUT2D eigenvalue weighted by molar-refractivity contribution is -0.133. The number of rotatable bonds is 29. The van der Waals surface area contributed by atoms with Crippen LogP contribution in [0.1, 0.15) is 166 Å². The van der Waals surface area contributed by atoms with E-state index in [1.54, 1.807) is 37.4 Å². The van der Waals surface area contributed by atoms with Crippen LogP contribution in [0.25, 0.3) is 0 Å². The van der Waals surface area contributed by atoms with Crippen molar-refractivity contribution < 1.29 is 29.0 Å². The summed E-state index contributed by atoms with van der Waals surface area (Å²) in [7, 11) is 0. The maximum atomic E-state index is 12.9. The second-order valence-corrected chi connectivity index (χ2v) is 20.2. The van der Waals surface area contributed by atoms with Crippen molar-refractivity contribution in [3.05, 3.63) is 23.8 Å². The summed E-state index contributed by atoms with van der Waals surface area (Å²) in [6.45, 7) is 7.90. The second kappa shape index (κ2) is 31.5. The number of carboxylic acid groups (broad SMARTS) is 1. The van der Waals surface area contributed by atoms with Crippen molar-refractivity contribution >= 4 is 96.4 Å². The summed E-state index contributed by atoms with van der Waals surface area (Å²) in [5.74, 6) is -0.545. The van der Waals surface area contributed by atoms with Crippen LogP contribution in [0.4, 0.5) is 0 Å². The monoisotopic (exact) mass is 818 g/mol. The molecule has 290 valence electrons. The maximum Gasteiger partial charge on any atom is 0.335 e. The second-order valence-electron chi connectivity index (χ2n) is 12.9. The zero-order valence-corrected chi connectivity index (χ0v) is 36.3. The third-order valence-electron chi connectivity index (χ3n) is 8.21. The first-order valence-electron chi connectivity index (χ1n) is 19.1. The zero-order chi connectivity index (χ0) is 37.7. The molecule has 0 aromatic heterocycles. The number of aromatic carboxylic acids is 1. The van der Waals surface area contributed by atoms with Gasteiger partial charge in [0.25, 0.3) is 0 Å². The van der Waals surface area contributed by atoms with E-state index in [0.29, 0.717) is 7.06 Å². The van der Waals surface area contributed by atoms with Crippen LogP contribution in [-0.2, 0) is 9.59 Å². The first-order valence-corrected chi connectivity index (χ1v) is 23.6. The number of benzene rings is 1. The van der Waals surface area contributed by atoms with Gasteiger partial charge in [0, 0.05) is 6.07 Å². The Labute approximate surface area is 336 Å². The molecule has 0 aliphatic heterocycles. The van der Waals surface area contributed by atoms with Crippen molar-refractivity contribution in [3.63, 3.8) is 0 Å². The highest BCUT2D eigenvalue weighted by molar-refractivity contribution is 8.48. The lowest BCUT2D eigenvalue weighted by Gasteiger charge is -2.14. The van der Waals surface area contributed by atoms with Gasteiger partial charge in [0.15, 0.2) is 0 Å². The van der Waals surface area contributed by atoms with Gasteiger partial charge in [-0.25, -0.2) is 4.79 Å². The molecule has 0 radical (unpaired) electrons. The Morgan fingerprint density at radius 2 is 0.882 bits per heavy atom. The molecule has 1 aromatic carbocycles. The predicted octanol–water partition coefficient (Wildman–Crippen LogP) is 13.3. The van der Waals surface area contributed by atoms with Gasteiger partial charge in [0.2, 0.25) is 0 Å². The van der Waals surface area contributed by atoms with Crippen LogP contribution in [-0.4, -0.2) is 52.1 Å². The van der Waals surface area contributed by atoms with E-state index in [1.807, 2.05) is 0 Å². The quantitative estimate of drug-likeness (QED) is 0.0361. The first-order chi connectivity index (χ1) is 24.6. The fourth-order valence-electron chi connectivity index (χ4n) is 5.15. The van der Waals surface area contributed by atoms with E-state index in [9.17, 15) is 19.5 Å². The maximum absolute atomic E-state index is 12.9. The van der Waals surface area contributed by atoms with Gasteiger partial charge >= 0.3 is 17.9 Å². The van der Waals surface area contributed by atoms with E-state index in [1.165, 1.54) is 157 Å². The van der Waals surface area contributed by atoms with Gasteiger partial charge in [-0.2, -0.15) is 0 Å². The average molecular weight is 819 g/mol. The van der Waals surface area contributed by atoms with Crippen LogP contribution in [0.2, 0.25) is 0 Å². The summed E-state index contributed by atoms with van der Waals surface area (Å²) in [4.78, 5) is 37.6. The number of thiocarbonyl (C=S) groups is 2. The number of hydrogen-bond donors (Lipinski definition) is 1. The minimum atomic E-state index is -1.23. The molecular weight excluding hydrogens is 757 g/mol. The Hall–Kier alpha value is -0.790. The highest BCUT2D eigenvalue weighted by atomic mass is 32.2. The molecule has 0 saturated heterocycles. The molecule has 12 heteroatoms. The van der Waals surface area contributed by atoms with Gasteiger partial charge in [-0.3, -0.25) is 9.59 Å². The van der Waals surface area contributed by atoms with Crippen LogP contribution in [0, 0.1) is 0 Å².